The number of carbonyl (C=O) groups is 1. The van der Waals surface area contributed by atoms with Gasteiger partial charge in [0.1, 0.15) is 11.9 Å². The molecule has 35 heavy (non-hydrogen) atoms. The Bertz CT molecular complexity index is 1320. The van der Waals surface area contributed by atoms with Crippen LogP contribution in [0.4, 0.5) is 10.2 Å². The number of amides is 1. The van der Waals surface area contributed by atoms with E-state index < -0.39 is 5.82 Å². The van der Waals surface area contributed by atoms with Crippen LogP contribution < -0.4 is 15.0 Å². The molecule has 6 rings (SSSR count). The fourth-order valence-corrected chi connectivity index (χ4v) is 6.15. The highest BCUT2D eigenvalue weighted by atomic mass is 19.1. The van der Waals surface area contributed by atoms with E-state index in [1.807, 2.05) is 20.2 Å². The number of carbonyl (C=O) groups excluding carboxylic acids is 1. The van der Waals surface area contributed by atoms with E-state index in [9.17, 15) is 4.79 Å². The van der Waals surface area contributed by atoms with E-state index in [0.717, 1.165) is 36.9 Å². The molecular formula is C26H29FN6O2. The average Bonchev–Trinajstić information content (AvgIpc) is 3.38. The number of piperidine rings is 1. The molecule has 3 aliphatic heterocycles. The molecule has 0 aliphatic carbocycles. The van der Waals surface area contributed by atoms with Crippen molar-refractivity contribution in [2.45, 2.75) is 70.2 Å². The summed E-state index contributed by atoms with van der Waals surface area (Å²) in [5.74, 6) is 0.117. The van der Waals surface area contributed by atoms with Crippen LogP contribution in [0, 0.1) is 12.7 Å². The van der Waals surface area contributed by atoms with Gasteiger partial charge < -0.3 is 10.1 Å². The van der Waals surface area contributed by atoms with Crippen molar-refractivity contribution in [3.05, 3.63) is 53.1 Å². The molecule has 8 nitrogen and oxygen atoms in total. The number of benzene rings is 1. The molecule has 5 heterocycles. The summed E-state index contributed by atoms with van der Waals surface area (Å²) in [6, 6.07) is 6.67. The summed E-state index contributed by atoms with van der Waals surface area (Å²) < 4.78 is 22.9. The number of halogens is 1. The van der Waals surface area contributed by atoms with Crippen molar-refractivity contribution in [1.29, 1.82) is 0 Å². The molecule has 2 unspecified atom stereocenters. The maximum absolute atomic E-state index is 15.0. The Hall–Kier alpha value is -3.33. The second kappa shape index (κ2) is 7.58. The third kappa shape index (κ3) is 3.78. The van der Waals surface area contributed by atoms with Gasteiger partial charge >= 0.3 is 0 Å². The van der Waals surface area contributed by atoms with Crippen molar-refractivity contribution in [1.82, 2.24) is 25.3 Å². The first-order valence-corrected chi connectivity index (χ1v) is 12.1. The molecule has 9 heteroatoms. The number of rotatable bonds is 4. The van der Waals surface area contributed by atoms with Crippen LogP contribution in [0.1, 0.15) is 61.1 Å². The number of fused-ring (bicyclic) bond motifs is 3. The third-order valence-corrected chi connectivity index (χ3v) is 7.69. The van der Waals surface area contributed by atoms with Crippen molar-refractivity contribution in [3.63, 3.8) is 0 Å². The predicted octanol–water partition coefficient (Wildman–Crippen LogP) is 3.93. The summed E-state index contributed by atoms with van der Waals surface area (Å²) in [6.07, 6.45) is 6.02. The monoisotopic (exact) mass is 476 g/mol. The fraction of sp³-hybridized carbons (Fsp3) is 0.462. The van der Waals surface area contributed by atoms with Gasteiger partial charge in [-0.05, 0) is 57.4 Å². The van der Waals surface area contributed by atoms with Crippen molar-refractivity contribution < 1.29 is 13.9 Å². The molecule has 2 saturated heterocycles. The van der Waals surface area contributed by atoms with Crippen molar-refractivity contribution >= 4 is 11.7 Å². The predicted molar refractivity (Wildman–Crippen MR) is 129 cm³/mol. The minimum atomic E-state index is -0.410. The molecule has 1 N–H and O–H groups in total. The average molecular weight is 477 g/mol. The lowest BCUT2D eigenvalue weighted by molar-refractivity contribution is 0.0753. The fourth-order valence-electron chi connectivity index (χ4n) is 6.15. The maximum Gasteiger partial charge on any atom is 0.260 e. The van der Waals surface area contributed by atoms with E-state index in [1.54, 1.807) is 22.9 Å². The van der Waals surface area contributed by atoms with Crippen LogP contribution in [-0.2, 0) is 13.6 Å². The first-order valence-electron chi connectivity index (χ1n) is 12.1. The van der Waals surface area contributed by atoms with Crippen molar-refractivity contribution in [3.8, 4) is 17.0 Å². The molecule has 2 bridgehead atoms. The van der Waals surface area contributed by atoms with Crippen molar-refractivity contribution in [2.75, 3.05) is 4.90 Å². The lowest BCUT2D eigenvalue weighted by Gasteiger charge is -2.41. The summed E-state index contributed by atoms with van der Waals surface area (Å²) in [5.41, 5.74) is 3.11. The second-order valence-corrected chi connectivity index (χ2v) is 10.8. The Kier molecular flexibility index (Phi) is 4.80. The van der Waals surface area contributed by atoms with Crippen LogP contribution in [-0.4, -0.2) is 43.1 Å². The molecule has 0 saturated carbocycles. The molecule has 2 atom stereocenters. The third-order valence-electron chi connectivity index (χ3n) is 7.69. The Balaban J connectivity index is 1.21. The van der Waals surface area contributed by atoms with Gasteiger partial charge in [0.2, 0.25) is 5.88 Å². The van der Waals surface area contributed by atoms with Gasteiger partial charge in [0, 0.05) is 59.9 Å². The van der Waals surface area contributed by atoms with Crippen LogP contribution >= 0.6 is 0 Å². The van der Waals surface area contributed by atoms with Gasteiger partial charge in [-0.1, -0.05) is 0 Å². The Morgan fingerprint density at radius 2 is 1.86 bits per heavy atom. The minimum Gasteiger partial charge on any atom is -0.473 e. The molecule has 3 aromatic rings. The second-order valence-electron chi connectivity index (χ2n) is 10.8. The maximum atomic E-state index is 15.0. The molecule has 182 valence electrons. The van der Waals surface area contributed by atoms with Crippen molar-refractivity contribution in [2.24, 2.45) is 7.05 Å². The summed E-state index contributed by atoms with van der Waals surface area (Å²) in [7, 11) is 1.81. The van der Waals surface area contributed by atoms with Crippen LogP contribution in [0.25, 0.3) is 11.1 Å². The Morgan fingerprint density at radius 3 is 2.49 bits per heavy atom. The molecule has 1 aromatic carbocycles. The van der Waals surface area contributed by atoms with E-state index in [-0.39, 0.29) is 29.6 Å². The highest BCUT2D eigenvalue weighted by Gasteiger charge is 2.49. The van der Waals surface area contributed by atoms with E-state index in [1.165, 1.54) is 11.0 Å². The van der Waals surface area contributed by atoms with Gasteiger partial charge in [0.15, 0.2) is 5.82 Å². The zero-order valence-corrected chi connectivity index (χ0v) is 20.4. The summed E-state index contributed by atoms with van der Waals surface area (Å²) >= 11 is 0. The zero-order valence-electron chi connectivity index (χ0n) is 20.4. The molecule has 2 fully saturated rings. The number of anilines is 1. The molecule has 0 spiro atoms. The first-order chi connectivity index (χ1) is 16.6. The molecule has 0 radical (unpaired) electrons. The Morgan fingerprint density at radius 1 is 1.11 bits per heavy atom. The summed E-state index contributed by atoms with van der Waals surface area (Å²) in [6.45, 7) is 6.48. The van der Waals surface area contributed by atoms with Crippen LogP contribution in [0.5, 0.6) is 5.88 Å². The molecule has 3 aliphatic rings. The van der Waals surface area contributed by atoms with Crippen LogP contribution in [0.3, 0.4) is 0 Å². The molecule has 1 amide bonds. The van der Waals surface area contributed by atoms with Crippen LogP contribution in [0.2, 0.25) is 0 Å². The standard InChI is InChI=1S/C26H29FN6O2/c1-15-19(13-32(4)30-15)16-9-18-20(21(27)10-16)14-33(24(18)34)22-5-6-23(29-28-22)35-17-11-25(2)7-8-26(3,12-17)31-25/h5-6,9-10,13,17,31H,7-8,11-12,14H2,1-4H3. The van der Waals surface area contributed by atoms with Gasteiger partial charge in [-0.3, -0.25) is 14.4 Å². The van der Waals surface area contributed by atoms with Gasteiger partial charge in [-0.15, -0.1) is 10.2 Å². The minimum absolute atomic E-state index is 0.0648. The highest BCUT2D eigenvalue weighted by Crippen LogP contribution is 2.43. The topological polar surface area (TPSA) is 85.2 Å². The SMILES string of the molecule is Cc1nn(C)cc1-c1cc(F)c2c(c1)C(=O)N(c1ccc(OC3CC4(C)CCC(C)(C3)N4)nn1)C2. The lowest BCUT2D eigenvalue weighted by Crippen LogP contribution is -2.56. The number of aryl methyl sites for hydroxylation is 2. The summed E-state index contributed by atoms with van der Waals surface area (Å²) in [4.78, 5) is 14.7. The van der Waals surface area contributed by atoms with Gasteiger partial charge in [-0.25, -0.2) is 4.39 Å². The smallest absolute Gasteiger partial charge is 0.260 e. The zero-order chi connectivity index (χ0) is 24.5. The first kappa shape index (κ1) is 22.2. The largest absolute Gasteiger partial charge is 0.473 e. The number of ether oxygens (including phenoxy) is 1. The van der Waals surface area contributed by atoms with Gasteiger partial charge in [0.25, 0.3) is 5.91 Å². The van der Waals surface area contributed by atoms with Gasteiger partial charge in [-0.2, -0.15) is 5.10 Å². The molecular weight excluding hydrogens is 447 g/mol. The van der Waals surface area contributed by atoms with E-state index in [4.69, 9.17) is 4.74 Å². The van der Waals surface area contributed by atoms with Crippen LogP contribution in [0.15, 0.2) is 30.5 Å². The number of nitrogens with zero attached hydrogens (tertiary/aromatic N) is 5. The highest BCUT2D eigenvalue weighted by molar-refractivity contribution is 6.10. The lowest BCUT2D eigenvalue weighted by atomic mass is 9.86. The number of aromatic nitrogens is 4. The number of hydrogen-bond donors (Lipinski definition) is 1. The summed E-state index contributed by atoms with van der Waals surface area (Å²) in [5, 5.41) is 16.6. The normalized spacial score (nSPS) is 27.4. The van der Waals surface area contributed by atoms with E-state index in [2.05, 4.69) is 34.5 Å². The number of nitrogens with one attached hydrogen (secondary N) is 1. The van der Waals surface area contributed by atoms with E-state index in [0.29, 0.717) is 28.4 Å². The number of hydrogen-bond acceptors (Lipinski definition) is 6. The molecule has 2 aromatic heterocycles. The quantitative estimate of drug-likeness (QED) is 0.614. The Labute approximate surface area is 203 Å². The van der Waals surface area contributed by atoms with Gasteiger partial charge in [0.05, 0.1) is 12.2 Å². The van der Waals surface area contributed by atoms with E-state index >= 15 is 4.39 Å².